The molecule has 1 aromatic heterocycles. The SMILES string of the molecule is Cc1nn(C)c(=O)c(-c2c(F)ccc(Cl)c2CCc2ccc(F)c(F)c2)c1O. The van der Waals surface area contributed by atoms with Crippen molar-refractivity contribution in [1.29, 1.82) is 0 Å². The number of nitrogens with zero attached hydrogens (tertiary/aromatic N) is 2. The Balaban J connectivity index is 2.13. The second-order valence-electron chi connectivity index (χ2n) is 6.37. The van der Waals surface area contributed by atoms with E-state index in [1.165, 1.54) is 26.1 Å². The molecule has 0 bridgehead atoms. The van der Waals surface area contributed by atoms with Crippen molar-refractivity contribution in [3.8, 4) is 16.9 Å². The van der Waals surface area contributed by atoms with Crippen molar-refractivity contribution in [3.05, 3.63) is 80.0 Å². The molecule has 4 nitrogen and oxygen atoms in total. The minimum absolute atomic E-state index is 0.126. The summed E-state index contributed by atoms with van der Waals surface area (Å²) in [6, 6.07) is 5.92. The summed E-state index contributed by atoms with van der Waals surface area (Å²) < 4.78 is 42.3. The zero-order valence-electron chi connectivity index (χ0n) is 15.1. The third kappa shape index (κ3) is 3.62. The van der Waals surface area contributed by atoms with Crippen molar-refractivity contribution >= 4 is 11.6 Å². The van der Waals surface area contributed by atoms with Gasteiger partial charge in [0, 0.05) is 17.6 Å². The van der Waals surface area contributed by atoms with Crippen LogP contribution >= 0.6 is 11.6 Å². The van der Waals surface area contributed by atoms with Gasteiger partial charge in [0.15, 0.2) is 17.4 Å². The van der Waals surface area contributed by atoms with E-state index in [4.69, 9.17) is 11.6 Å². The molecule has 1 heterocycles. The first-order valence-electron chi connectivity index (χ1n) is 8.38. The van der Waals surface area contributed by atoms with Crippen LogP contribution in [0.5, 0.6) is 5.75 Å². The van der Waals surface area contributed by atoms with Crippen LogP contribution in [0, 0.1) is 24.4 Å². The van der Waals surface area contributed by atoms with Crippen LogP contribution in [-0.2, 0) is 19.9 Å². The van der Waals surface area contributed by atoms with Crippen LogP contribution in [0.15, 0.2) is 35.1 Å². The van der Waals surface area contributed by atoms with Gasteiger partial charge < -0.3 is 5.11 Å². The van der Waals surface area contributed by atoms with Crippen LogP contribution in [0.1, 0.15) is 16.8 Å². The van der Waals surface area contributed by atoms with Gasteiger partial charge in [0.25, 0.3) is 5.56 Å². The molecule has 0 saturated carbocycles. The molecule has 0 fully saturated rings. The molecule has 0 saturated heterocycles. The standard InChI is InChI=1S/C20H16ClF3N2O2/c1-10-19(27)18(20(28)26(2)25-10)17-12(13(21)6-8-15(17)23)5-3-11-4-7-14(22)16(24)9-11/h4,6-9,27H,3,5H2,1-2H3. The Hall–Kier alpha value is -2.80. The molecule has 8 heteroatoms. The summed E-state index contributed by atoms with van der Waals surface area (Å²) in [6.07, 6.45) is 0.361. The van der Waals surface area contributed by atoms with Gasteiger partial charge >= 0.3 is 0 Å². The highest BCUT2D eigenvalue weighted by atomic mass is 35.5. The lowest BCUT2D eigenvalue weighted by molar-refractivity contribution is 0.460. The Morgan fingerprint density at radius 2 is 1.71 bits per heavy atom. The van der Waals surface area contributed by atoms with E-state index < -0.39 is 28.8 Å². The van der Waals surface area contributed by atoms with E-state index in [0.717, 1.165) is 22.9 Å². The molecular formula is C20H16ClF3N2O2. The Labute approximate surface area is 163 Å². The number of aromatic hydroxyl groups is 1. The lowest BCUT2D eigenvalue weighted by Crippen LogP contribution is -2.23. The fourth-order valence-corrected chi connectivity index (χ4v) is 3.31. The number of aromatic nitrogens is 2. The number of hydrogen-bond donors (Lipinski definition) is 1. The molecule has 0 aliphatic heterocycles. The van der Waals surface area contributed by atoms with Gasteiger partial charge in [0.1, 0.15) is 11.5 Å². The zero-order valence-corrected chi connectivity index (χ0v) is 15.8. The van der Waals surface area contributed by atoms with E-state index in [0.29, 0.717) is 5.56 Å². The molecule has 0 unspecified atom stereocenters. The fraction of sp³-hybridized carbons (Fsp3) is 0.200. The molecule has 3 rings (SSSR count). The maximum Gasteiger partial charge on any atom is 0.278 e. The van der Waals surface area contributed by atoms with Crippen LogP contribution in [0.4, 0.5) is 13.2 Å². The molecule has 0 radical (unpaired) electrons. The van der Waals surface area contributed by atoms with Gasteiger partial charge in [0.05, 0.1) is 5.56 Å². The average molecular weight is 409 g/mol. The summed E-state index contributed by atoms with van der Waals surface area (Å²) in [5.74, 6) is -3.12. The largest absolute Gasteiger partial charge is 0.505 e. The predicted octanol–water partition coefficient (Wildman–Crippen LogP) is 4.32. The van der Waals surface area contributed by atoms with Crippen molar-refractivity contribution in [2.45, 2.75) is 19.8 Å². The van der Waals surface area contributed by atoms with E-state index in [9.17, 15) is 23.1 Å². The molecule has 0 amide bonds. The average Bonchev–Trinajstić information content (AvgIpc) is 2.65. The van der Waals surface area contributed by atoms with Crippen LogP contribution in [0.3, 0.4) is 0 Å². The molecule has 0 aliphatic rings. The van der Waals surface area contributed by atoms with Crippen molar-refractivity contribution in [2.75, 3.05) is 0 Å². The summed E-state index contributed by atoms with van der Waals surface area (Å²) >= 11 is 6.25. The molecule has 146 valence electrons. The third-order valence-corrected chi connectivity index (χ3v) is 4.84. The van der Waals surface area contributed by atoms with Crippen LogP contribution in [0.25, 0.3) is 11.1 Å². The smallest absolute Gasteiger partial charge is 0.278 e. The number of halogens is 4. The Morgan fingerprint density at radius 1 is 1.04 bits per heavy atom. The third-order valence-electron chi connectivity index (χ3n) is 4.49. The highest BCUT2D eigenvalue weighted by Gasteiger charge is 2.23. The maximum atomic E-state index is 14.7. The Morgan fingerprint density at radius 3 is 2.39 bits per heavy atom. The molecule has 3 aromatic rings. The lowest BCUT2D eigenvalue weighted by Gasteiger charge is -2.15. The minimum atomic E-state index is -0.987. The predicted molar refractivity (Wildman–Crippen MR) is 100 cm³/mol. The molecule has 0 aliphatic carbocycles. The van der Waals surface area contributed by atoms with Gasteiger partial charge in [-0.25, -0.2) is 17.9 Å². The van der Waals surface area contributed by atoms with Gasteiger partial charge in [0.2, 0.25) is 0 Å². The fourth-order valence-electron chi connectivity index (χ4n) is 3.06. The van der Waals surface area contributed by atoms with Crippen molar-refractivity contribution in [1.82, 2.24) is 9.78 Å². The summed E-state index contributed by atoms with van der Waals surface area (Å²) in [5.41, 5.74) is -0.132. The number of aryl methyl sites for hydroxylation is 3. The van der Waals surface area contributed by atoms with Crippen molar-refractivity contribution in [2.24, 2.45) is 7.05 Å². The van der Waals surface area contributed by atoms with Gasteiger partial charge in [-0.15, -0.1) is 0 Å². The van der Waals surface area contributed by atoms with E-state index in [-0.39, 0.29) is 40.2 Å². The maximum absolute atomic E-state index is 14.7. The van der Waals surface area contributed by atoms with E-state index in [2.05, 4.69) is 5.10 Å². The monoisotopic (exact) mass is 408 g/mol. The first-order valence-corrected chi connectivity index (χ1v) is 8.76. The molecule has 2 aromatic carbocycles. The highest BCUT2D eigenvalue weighted by molar-refractivity contribution is 6.31. The summed E-state index contributed by atoms with van der Waals surface area (Å²) in [7, 11) is 1.39. The number of rotatable bonds is 4. The Bertz CT molecular complexity index is 1130. The van der Waals surface area contributed by atoms with Crippen LogP contribution in [0.2, 0.25) is 5.02 Å². The van der Waals surface area contributed by atoms with Crippen LogP contribution in [-0.4, -0.2) is 14.9 Å². The van der Waals surface area contributed by atoms with Crippen molar-refractivity contribution in [3.63, 3.8) is 0 Å². The van der Waals surface area contributed by atoms with Gasteiger partial charge in [-0.2, -0.15) is 5.10 Å². The molecule has 0 spiro atoms. The van der Waals surface area contributed by atoms with Crippen LogP contribution < -0.4 is 5.56 Å². The quantitative estimate of drug-likeness (QED) is 0.699. The van der Waals surface area contributed by atoms with E-state index in [1.54, 1.807) is 0 Å². The summed E-state index contributed by atoms with van der Waals surface area (Å²) in [4.78, 5) is 12.6. The Kier molecular flexibility index (Phi) is 5.47. The minimum Gasteiger partial charge on any atom is -0.505 e. The molecule has 0 atom stereocenters. The zero-order chi connectivity index (χ0) is 20.6. The first kappa shape index (κ1) is 19.9. The van der Waals surface area contributed by atoms with Gasteiger partial charge in [-0.3, -0.25) is 4.79 Å². The molecule has 1 N–H and O–H groups in total. The van der Waals surface area contributed by atoms with E-state index in [1.807, 2.05) is 0 Å². The first-order chi connectivity index (χ1) is 13.2. The topological polar surface area (TPSA) is 55.1 Å². The van der Waals surface area contributed by atoms with Crippen molar-refractivity contribution < 1.29 is 18.3 Å². The van der Waals surface area contributed by atoms with Gasteiger partial charge in [-0.1, -0.05) is 17.7 Å². The second-order valence-corrected chi connectivity index (χ2v) is 6.78. The number of benzene rings is 2. The molecular weight excluding hydrogens is 393 g/mol. The van der Waals surface area contributed by atoms with E-state index >= 15 is 0 Å². The van der Waals surface area contributed by atoms with Gasteiger partial charge in [-0.05, 0) is 55.2 Å². The summed E-state index contributed by atoms with van der Waals surface area (Å²) in [6.45, 7) is 1.49. The normalized spacial score (nSPS) is 11.1. The second kappa shape index (κ2) is 7.67. The number of hydrogen-bond acceptors (Lipinski definition) is 3. The summed E-state index contributed by atoms with van der Waals surface area (Å²) in [5, 5.41) is 14.4. The molecule has 28 heavy (non-hydrogen) atoms. The lowest BCUT2D eigenvalue weighted by atomic mass is 9.94. The highest BCUT2D eigenvalue weighted by Crippen LogP contribution is 2.36.